The molecule has 1 saturated heterocycles. The van der Waals surface area contributed by atoms with Gasteiger partial charge in [-0.05, 0) is 5.56 Å². The zero-order chi connectivity index (χ0) is 18.9. The zero-order valence-corrected chi connectivity index (χ0v) is 13.7. The van der Waals surface area contributed by atoms with Gasteiger partial charge in [0.1, 0.15) is 18.3 Å². The first kappa shape index (κ1) is 18.5. The Morgan fingerprint density at radius 2 is 1.85 bits per heavy atom. The summed E-state index contributed by atoms with van der Waals surface area (Å²) in [6, 6.07) is 9.60. The SMILES string of the molecule is O=c1ccn([C@]2(C(CO)c3ccccc3)O[C@H](CO)[C@@H](O)[C@H]2O)c(=O)[nH]1. The van der Waals surface area contributed by atoms with E-state index in [-0.39, 0.29) is 0 Å². The van der Waals surface area contributed by atoms with Crippen LogP contribution in [-0.2, 0) is 10.5 Å². The minimum absolute atomic E-state index is 0.530. The van der Waals surface area contributed by atoms with Crippen LogP contribution in [0.15, 0.2) is 52.2 Å². The summed E-state index contributed by atoms with van der Waals surface area (Å²) >= 11 is 0. The van der Waals surface area contributed by atoms with Gasteiger partial charge >= 0.3 is 5.69 Å². The number of benzene rings is 1. The molecule has 5 N–H and O–H groups in total. The van der Waals surface area contributed by atoms with E-state index < -0.39 is 54.4 Å². The molecule has 140 valence electrons. The molecule has 0 bridgehead atoms. The fraction of sp³-hybridized carbons (Fsp3) is 0.412. The van der Waals surface area contributed by atoms with E-state index in [1.54, 1.807) is 30.3 Å². The predicted molar refractivity (Wildman–Crippen MR) is 89.5 cm³/mol. The molecule has 1 aliphatic rings. The van der Waals surface area contributed by atoms with Crippen LogP contribution in [0.3, 0.4) is 0 Å². The fourth-order valence-electron chi connectivity index (χ4n) is 3.48. The average Bonchev–Trinajstić information content (AvgIpc) is 2.89. The molecule has 26 heavy (non-hydrogen) atoms. The first-order chi connectivity index (χ1) is 12.5. The molecular weight excluding hydrogens is 344 g/mol. The molecule has 0 saturated carbocycles. The topological polar surface area (TPSA) is 145 Å². The summed E-state index contributed by atoms with van der Waals surface area (Å²) in [5, 5.41) is 40.6. The van der Waals surface area contributed by atoms with Crippen LogP contribution < -0.4 is 11.2 Å². The molecular formula is C17H20N2O7. The Morgan fingerprint density at radius 1 is 1.15 bits per heavy atom. The maximum Gasteiger partial charge on any atom is 0.330 e. The van der Waals surface area contributed by atoms with Crippen LogP contribution >= 0.6 is 0 Å². The number of rotatable bonds is 5. The highest BCUT2D eigenvalue weighted by Gasteiger charge is 2.60. The van der Waals surface area contributed by atoms with Crippen molar-refractivity contribution in [3.63, 3.8) is 0 Å². The Bertz CT molecular complexity index is 865. The van der Waals surface area contributed by atoms with Crippen molar-refractivity contribution in [3.05, 3.63) is 69.0 Å². The third kappa shape index (κ3) is 2.79. The molecule has 3 rings (SSSR count). The van der Waals surface area contributed by atoms with Crippen molar-refractivity contribution in [2.24, 2.45) is 0 Å². The van der Waals surface area contributed by atoms with Crippen LogP contribution in [-0.4, -0.2) is 61.5 Å². The highest BCUT2D eigenvalue weighted by atomic mass is 16.6. The molecule has 1 aromatic carbocycles. The molecule has 1 fully saturated rings. The smallest absolute Gasteiger partial charge is 0.330 e. The Balaban J connectivity index is 2.26. The van der Waals surface area contributed by atoms with E-state index in [0.717, 1.165) is 16.8 Å². The third-order valence-corrected chi connectivity index (χ3v) is 4.73. The van der Waals surface area contributed by atoms with Gasteiger partial charge in [0, 0.05) is 12.3 Å². The molecule has 9 nitrogen and oxygen atoms in total. The number of aromatic nitrogens is 2. The van der Waals surface area contributed by atoms with E-state index in [1.807, 2.05) is 0 Å². The van der Waals surface area contributed by atoms with E-state index in [9.17, 15) is 30.0 Å². The van der Waals surface area contributed by atoms with Gasteiger partial charge in [0.2, 0.25) is 0 Å². The van der Waals surface area contributed by atoms with Gasteiger partial charge in [0.05, 0.1) is 19.1 Å². The van der Waals surface area contributed by atoms with E-state index in [1.165, 1.54) is 0 Å². The Morgan fingerprint density at radius 3 is 2.38 bits per heavy atom. The van der Waals surface area contributed by atoms with Crippen molar-refractivity contribution in [3.8, 4) is 0 Å². The van der Waals surface area contributed by atoms with Crippen molar-refractivity contribution < 1.29 is 25.2 Å². The summed E-state index contributed by atoms with van der Waals surface area (Å²) < 4.78 is 6.70. The van der Waals surface area contributed by atoms with Crippen LogP contribution in [0.25, 0.3) is 0 Å². The second-order valence-corrected chi connectivity index (χ2v) is 6.15. The standard InChI is InChI=1S/C17H20N2O7/c20-8-11(10-4-2-1-3-5-10)17(15(24)14(23)12(9-21)26-17)19-7-6-13(22)18-16(19)25/h1-7,11-12,14-15,20-21,23-24H,8-9H2,(H,18,22,25)/t11?,12-,14-,15-,17-/m1/s1. The van der Waals surface area contributed by atoms with Crippen molar-refractivity contribution in [1.82, 2.24) is 9.55 Å². The van der Waals surface area contributed by atoms with Crippen LogP contribution in [0.4, 0.5) is 0 Å². The highest BCUT2D eigenvalue weighted by molar-refractivity contribution is 5.25. The molecule has 9 heteroatoms. The molecule has 5 atom stereocenters. The first-order valence-electron chi connectivity index (χ1n) is 8.08. The van der Waals surface area contributed by atoms with E-state index in [0.29, 0.717) is 5.56 Å². The molecule has 1 aliphatic heterocycles. The first-order valence-corrected chi connectivity index (χ1v) is 8.08. The quantitative estimate of drug-likeness (QED) is 0.416. The lowest BCUT2D eigenvalue weighted by atomic mass is 9.84. The third-order valence-electron chi connectivity index (χ3n) is 4.73. The fourth-order valence-corrected chi connectivity index (χ4v) is 3.48. The van der Waals surface area contributed by atoms with E-state index in [4.69, 9.17) is 4.74 Å². The second-order valence-electron chi connectivity index (χ2n) is 6.15. The number of H-pyrrole nitrogens is 1. The monoisotopic (exact) mass is 364 g/mol. The molecule has 0 aliphatic carbocycles. The molecule has 0 spiro atoms. The molecule has 2 aromatic rings. The Kier molecular flexibility index (Phi) is 5.08. The van der Waals surface area contributed by atoms with Crippen LogP contribution in [0.5, 0.6) is 0 Å². The summed E-state index contributed by atoms with van der Waals surface area (Å²) in [6.07, 6.45) is -3.21. The summed E-state index contributed by atoms with van der Waals surface area (Å²) in [5.41, 5.74) is -2.91. The summed E-state index contributed by atoms with van der Waals surface area (Å²) in [4.78, 5) is 25.9. The minimum Gasteiger partial charge on any atom is -0.396 e. The van der Waals surface area contributed by atoms with Crippen LogP contribution in [0.1, 0.15) is 11.5 Å². The van der Waals surface area contributed by atoms with Crippen molar-refractivity contribution in [2.75, 3.05) is 13.2 Å². The lowest BCUT2D eigenvalue weighted by Gasteiger charge is -2.40. The van der Waals surface area contributed by atoms with E-state index >= 15 is 0 Å². The number of aliphatic hydroxyl groups excluding tert-OH is 4. The summed E-state index contributed by atoms with van der Waals surface area (Å²) in [6.45, 7) is -1.14. The van der Waals surface area contributed by atoms with Gasteiger partial charge in [-0.15, -0.1) is 0 Å². The van der Waals surface area contributed by atoms with Gasteiger partial charge in [0.25, 0.3) is 5.56 Å². The Labute approximate surface area is 147 Å². The number of ether oxygens (including phenoxy) is 1. The van der Waals surface area contributed by atoms with Crippen molar-refractivity contribution in [1.29, 1.82) is 0 Å². The summed E-state index contributed by atoms with van der Waals surface area (Å²) in [5.74, 6) is -0.964. The number of hydrogen-bond acceptors (Lipinski definition) is 7. The maximum atomic E-state index is 12.4. The number of hydrogen-bond donors (Lipinski definition) is 5. The summed E-state index contributed by atoms with van der Waals surface area (Å²) in [7, 11) is 0. The van der Waals surface area contributed by atoms with Gasteiger partial charge in [-0.3, -0.25) is 14.3 Å². The van der Waals surface area contributed by atoms with Crippen molar-refractivity contribution >= 4 is 0 Å². The zero-order valence-electron chi connectivity index (χ0n) is 13.7. The van der Waals surface area contributed by atoms with Crippen LogP contribution in [0.2, 0.25) is 0 Å². The predicted octanol–water partition coefficient (Wildman–Crippen LogP) is -1.92. The van der Waals surface area contributed by atoms with Gasteiger partial charge in [0.15, 0.2) is 5.72 Å². The number of nitrogens with one attached hydrogen (secondary N) is 1. The minimum atomic E-state index is -1.93. The Hall–Kier alpha value is -2.30. The van der Waals surface area contributed by atoms with E-state index in [2.05, 4.69) is 4.98 Å². The highest BCUT2D eigenvalue weighted by Crippen LogP contribution is 2.45. The molecule has 1 unspecified atom stereocenters. The molecule has 0 radical (unpaired) electrons. The normalized spacial score (nSPS) is 29.6. The lowest BCUT2D eigenvalue weighted by molar-refractivity contribution is -0.173. The van der Waals surface area contributed by atoms with Crippen molar-refractivity contribution in [2.45, 2.75) is 30.0 Å². The lowest BCUT2D eigenvalue weighted by Crippen LogP contribution is -2.55. The number of nitrogens with zero attached hydrogens (tertiary/aromatic N) is 1. The number of aliphatic hydroxyl groups is 4. The average molecular weight is 364 g/mol. The molecule has 1 aromatic heterocycles. The second kappa shape index (κ2) is 7.14. The van der Waals surface area contributed by atoms with Crippen LogP contribution in [0, 0.1) is 0 Å². The van der Waals surface area contributed by atoms with Gasteiger partial charge in [-0.2, -0.15) is 0 Å². The molecule has 2 heterocycles. The largest absolute Gasteiger partial charge is 0.396 e. The van der Waals surface area contributed by atoms with Gasteiger partial charge in [-0.25, -0.2) is 4.79 Å². The molecule has 0 amide bonds. The van der Waals surface area contributed by atoms with Gasteiger partial charge in [-0.1, -0.05) is 30.3 Å². The maximum absolute atomic E-state index is 12.4. The van der Waals surface area contributed by atoms with Gasteiger partial charge < -0.3 is 25.2 Å². The number of aromatic amines is 1.